The highest BCUT2D eigenvalue weighted by Crippen LogP contribution is 2.36. The molecule has 0 aromatic rings. The van der Waals surface area contributed by atoms with Crippen LogP contribution in [0.1, 0.15) is 33.6 Å². The highest BCUT2D eigenvalue weighted by molar-refractivity contribution is 5.85. The lowest BCUT2D eigenvalue weighted by atomic mass is 10.2. The Morgan fingerprint density at radius 2 is 1.88 bits per heavy atom. The van der Waals surface area contributed by atoms with Crippen molar-refractivity contribution >= 4 is 11.9 Å². The molecule has 1 fully saturated rings. The second-order valence-electron chi connectivity index (χ2n) is 5.01. The lowest BCUT2D eigenvalue weighted by molar-refractivity contribution is -0.154. The van der Waals surface area contributed by atoms with E-state index in [2.05, 4.69) is 10.1 Å². The Labute approximate surface area is 95.5 Å². The molecular formula is C11H19NO4. The average Bonchev–Trinajstić information content (AvgIpc) is 2.92. The zero-order valence-corrected chi connectivity index (χ0v) is 10.3. The molecule has 0 heterocycles. The summed E-state index contributed by atoms with van der Waals surface area (Å²) in [5.41, 5.74) is -1.15. The van der Waals surface area contributed by atoms with Gasteiger partial charge in [0.25, 0.3) is 0 Å². The van der Waals surface area contributed by atoms with E-state index in [0.29, 0.717) is 12.8 Å². The Balaban J connectivity index is 2.35. The number of carbonyl (C=O) groups excluding carboxylic acids is 2. The van der Waals surface area contributed by atoms with E-state index in [4.69, 9.17) is 4.74 Å². The fraction of sp³-hybridized carbons (Fsp3) is 0.818. The first-order valence-corrected chi connectivity index (χ1v) is 5.34. The van der Waals surface area contributed by atoms with Crippen LogP contribution < -0.4 is 5.32 Å². The lowest BCUT2D eigenvalue weighted by Crippen LogP contribution is -2.44. The third kappa shape index (κ3) is 3.48. The molecule has 0 radical (unpaired) electrons. The topological polar surface area (TPSA) is 64.6 Å². The van der Waals surface area contributed by atoms with Gasteiger partial charge in [-0.1, -0.05) is 0 Å². The molecule has 0 atom stereocenters. The van der Waals surface area contributed by atoms with Crippen molar-refractivity contribution in [1.82, 2.24) is 5.32 Å². The van der Waals surface area contributed by atoms with Crippen molar-refractivity contribution < 1.29 is 19.1 Å². The number of hydrogen-bond acceptors (Lipinski definition) is 5. The van der Waals surface area contributed by atoms with Crippen LogP contribution in [0.15, 0.2) is 0 Å². The highest BCUT2D eigenvalue weighted by Gasteiger charge is 2.51. The van der Waals surface area contributed by atoms with E-state index in [9.17, 15) is 9.59 Å². The molecule has 1 aliphatic rings. The van der Waals surface area contributed by atoms with Crippen molar-refractivity contribution in [2.75, 3.05) is 13.7 Å². The first-order chi connectivity index (χ1) is 7.29. The van der Waals surface area contributed by atoms with Gasteiger partial charge in [0.05, 0.1) is 13.7 Å². The fourth-order valence-corrected chi connectivity index (χ4v) is 1.39. The molecule has 16 heavy (non-hydrogen) atoms. The van der Waals surface area contributed by atoms with Crippen LogP contribution in [0.25, 0.3) is 0 Å². The van der Waals surface area contributed by atoms with E-state index in [-0.39, 0.29) is 18.5 Å². The molecule has 1 N–H and O–H groups in total. The molecule has 0 aliphatic heterocycles. The fourth-order valence-electron chi connectivity index (χ4n) is 1.39. The molecule has 92 valence electrons. The van der Waals surface area contributed by atoms with E-state index in [0.717, 1.165) is 0 Å². The summed E-state index contributed by atoms with van der Waals surface area (Å²) in [7, 11) is 1.34. The number of nitrogens with one attached hydrogen (secondary N) is 1. The summed E-state index contributed by atoms with van der Waals surface area (Å²) < 4.78 is 9.78. The Morgan fingerprint density at radius 1 is 1.31 bits per heavy atom. The van der Waals surface area contributed by atoms with Crippen molar-refractivity contribution in [2.45, 2.75) is 44.8 Å². The van der Waals surface area contributed by atoms with Gasteiger partial charge in [0.1, 0.15) is 11.1 Å². The molecule has 0 unspecified atom stereocenters. The van der Waals surface area contributed by atoms with Crippen LogP contribution in [0.4, 0.5) is 0 Å². The standard InChI is InChI=1S/C11H19NO4/c1-10(2,3)16-8(13)7-12-11(5-6-11)9(14)15-4/h12H,5-7H2,1-4H3. The minimum absolute atomic E-state index is 0.0341. The van der Waals surface area contributed by atoms with Gasteiger partial charge < -0.3 is 9.47 Å². The smallest absolute Gasteiger partial charge is 0.326 e. The maximum absolute atomic E-state index is 11.4. The zero-order chi connectivity index (χ0) is 12.4. The second kappa shape index (κ2) is 4.41. The molecule has 5 nitrogen and oxygen atoms in total. The quantitative estimate of drug-likeness (QED) is 0.716. The van der Waals surface area contributed by atoms with Gasteiger partial charge in [0, 0.05) is 0 Å². The minimum atomic E-state index is -0.647. The summed E-state index contributed by atoms with van der Waals surface area (Å²) in [6, 6.07) is 0. The third-order valence-corrected chi connectivity index (χ3v) is 2.32. The van der Waals surface area contributed by atoms with E-state index < -0.39 is 11.1 Å². The van der Waals surface area contributed by atoms with Crippen molar-refractivity contribution in [3.05, 3.63) is 0 Å². The van der Waals surface area contributed by atoms with E-state index in [1.807, 2.05) is 0 Å². The Hall–Kier alpha value is -1.10. The van der Waals surface area contributed by atoms with Gasteiger partial charge in [0.15, 0.2) is 0 Å². The van der Waals surface area contributed by atoms with E-state index >= 15 is 0 Å². The minimum Gasteiger partial charge on any atom is -0.468 e. The summed E-state index contributed by atoms with van der Waals surface area (Å²) in [5, 5.41) is 2.89. The van der Waals surface area contributed by atoms with Gasteiger partial charge in [-0.25, -0.2) is 0 Å². The summed E-state index contributed by atoms with van der Waals surface area (Å²) in [6.45, 7) is 5.45. The number of methoxy groups -OCH3 is 1. The van der Waals surface area contributed by atoms with Crippen LogP contribution in [0, 0.1) is 0 Å². The van der Waals surface area contributed by atoms with Crippen molar-refractivity contribution in [1.29, 1.82) is 0 Å². The number of hydrogen-bond donors (Lipinski definition) is 1. The maximum atomic E-state index is 11.4. The number of esters is 2. The first-order valence-electron chi connectivity index (χ1n) is 5.34. The largest absolute Gasteiger partial charge is 0.468 e. The van der Waals surface area contributed by atoms with Crippen LogP contribution in [0.5, 0.6) is 0 Å². The van der Waals surface area contributed by atoms with Crippen LogP contribution in [0.2, 0.25) is 0 Å². The van der Waals surface area contributed by atoms with Crippen LogP contribution in [-0.4, -0.2) is 36.7 Å². The predicted octanol–water partition coefficient (Wildman–Crippen LogP) is 0.623. The Kier molecular flexibility index (Phi) is 3.57. The van der Waals surface area contributed by atoms with Crippen molar-refractivity contribution in [3.63, 3.8) is 0 Å². The summed E-state index contributed by atoms with van der Waals surface area (Å²) >= 11 is 0. The molecule has 1 aliphatic carbocycles. The third-order valence-electron chi connectivity index (χ3n) is 2.32. The van der Waals surface area contributed by atoms with Gasteiger partial charge in [-0.3, -0.25) is 14.9 Å². The maximum Gasteiger partial charge on any atom is 0.326 e. The van der Waals surface area contributed by atoms with E-state index in [1.165, 1.54) is 7.11 Å². The van der Waals surface area contributed by atoms with Gasteiger partial charge in [0.2, 0.25) is 0 Å². The monoisotopic (exact) mass is 229 g/mol. The molecule has 1 rings (SSSR count). The summed E-state index contributed by atoms with van der Waals surface area (Å²) in [6.07, 6.45) is 1.42. The second-order valence-corrected chi connectivity index (χ2v) is 5.01. The summed E-state index contributed by atoms with van der Waals surface area (Å²) in [4.78, 5) is 22.8. The molecule has 1 saturated carbocycles. The normalized spacial score (nSPS) is 17.8. The molecular weight excluding hydrogens is 210 g/mol. The van der Waals surface area contributed by atoms with Gasteiger partial charge in [-0.05, 0) is 33.6 Å². The van der Waals surface area contributed by atoms with Crippen LogP contribution in [0.3, 0.4) is 0 Å². The Bertz CT molecular complexity index is 289. The van der Waals surface area contributed by atoms with Gasteiger partial charge >= 0.3 is 11.9 Å². The highest BCUT2D eigenvalue weighted by atomic mass is 16.6. The first kappa shape index (κ1) is 13.0. The zero-order valence-electron chi connectivity index (χ0n) is 10.3. The molecule has 5 heteroatoms. The number of ether oxygens (including phenoxy) is 2. The number of rotatable bonds is 4. The van der Waals surface area contributed by atoms with Crippen molar-refractivity contribution in [2.24, 2.45) is 0 Å². The van der Waals surface area contributed by atoms with Crippen molar-refractivity contribution in [3.8, 4) is 0 Å². The SMILES string of the molecule is COC(=O)C1(NCC(=O)OC(C)(C)C)CC1. The molecule has 0 saturated heterocycles. The Morgan fingerprint density at radius 3 is 2.25 bits per heavy atom. The molecule has 0 aromatic heterocycles. The molecule has 0 spiro atoms. The predicted molar refractivity (Wildman–Crippen MR) is 57.8 cm³/mol. The van der Waals surface area contributed by atoms with Gasteiger partial charge in [-0.2, -0.15) is 0 Å². The van der Waals surface area contributed by atoms with E-state index in [1.54, 1.807) is 20.8 Å². The van der Waals surface area contributed by atoms with Crippen LogP contribution >= 0.6 is 0 Å². The number of carbonyl (C=O) groups is 2. The lowest BCUT2D eigenvalue weighted by Gasteiger charge is -2.21. The van der Waals surface area contributed by atoms with Crippen LogP contribution in [-0.2, 0) is 19.1 Å². The average molecular weight is 229 g/mol. The molecule has 0 aromatic carbocycles. The molecule has 0 bridgehead atoms. The van der Waals surface area contributed by atoms with Gasteiger partial charge in [-0.15, -0.1) is 0 Å². The molecule has 0 amide bonds. The summed E-state index contributed by atoms with van der Waals surface area (Å²) in [5.74, 6) is -0.668.